The molecule has 0 radical (unpaired) electrons. The monoisotopic (exact) mass is 348 g/mol. The van der Waals surface area contributed by atoms with Gasteiger partial charge < -0.3 is 15.5 Å². The standard InChI is InChI=1S/C18H28N4OS/c1-22(2)17(23)14-21-18(20-13-16-9-6-12-24-16)19-11-10-15-7-4-3-5-8-15/h3-5,7-8,16H,6,9-14H2,1-2H3,(H2,19,20,21). The second-order valence-electron chi connectivity index (χ2n) is 6.13. The summed E-state index contributed by atoms with van der Waals surface area (Å²) in [6.45, 7) is 1.87. The molecule has 2 N–H and O–H groups in total. The Balaban J connectivity index is 1.83. The molecule has 132 valence electrons. The van der Waals surface area contributed by atoms with E-state index in [2.05, 4.69) is 39.9 Å². The van der Waals surface area contributed by atoms with Gasteiger partial charge in [-0.1, -0.05) is 30.3 Å². The molecule has 1 saturated heterocycles. The Labute approximate surface area is 149 Å². The third kappa shape index (κ3) is 6.83. The Kier molecular flexibility index (Phi) is 7.95. The number of thioether (sulfide) groups is 1. The Morgan fingerprint density at radius 2 is 2.08 bits per heavy atom. The summed E-state index contributed by atoms with van der Waals surface area (Å²) >= 11 is 2.01. The SMILES string of the molecule is CN(C)C(=O)CN=C(NCCc1ccccc1)NCC1CCCS1. The van der Waals surface area contributed by atoms with Gasteiger partial charge >= 0.3 is 0 Å². The highest BCUT2D eigenvalue weighted by atomic mass is 32.2. The van der Waals surface area contributed by atoms with E-state index >= 15 is 0 Å². The molecule has 1 fully saturated rings. The first-order valence-electron chi connectivity index (χ1n) is 8.53. The molecule has 1 aliphatic heterocycles. The summed E-state index contributed by atoms with van der Waals surface area (Å²) in [5, 5.41) is 7.38. The number of nitrogens with zero attached hydrogens (tertiary/aromatic N) is 2. The van der Waals surface area contributed by atoms with Gasteiger partial charge in [0.2, 0.25) is 5.91 Å². The second kappa shape index (κ2) is 10.2. The normalized spacial score (nSPS) is 17.6. The Morgan fingerprint density at radius 1 is 1.29 bits per heavy atom. The van der Waals surface area contributed by atoms with Crippen LogP contribution >= 0.6 is 11.8 Å². The van der Waals surface area contributed by atoms with Gasteiger partial charge in [-0.3, -0.25) is 4.79 Å². The van der Waals surface area contributed by atoms with Crippen LogP contribution in [0.1, 0.15) is 18.4 Å². The van der Waals surface area contributed by atoms with Gasteiger partial charge in [0.15, 0.2) is 5.96 Å². The van der Waals surface area contributed by atoms with Crippen molar-refractivity contribution in [3.8, 4) is 0 Å². The summed E-state index contributed by atoms with van der Waals surface area (Å²) in [6.07, 6.45) is 3.48. The van der Waals surface area contributed by atoms with E-state index in [1.54, 1.807) is 19.0 Å². The molecule has 1 amide bonds. The highest BCUT2D eigenvalue weighted by molar-refractivity contribution is 8.00. The van der Waals surface area contributed by atoms with Crippen molar-refractivity contribution in [1.82, 2.24) is 15.5 Å². The molecule has 6 heteroatoms. The molecule has 1 atom stereocenters. The van der Waals surface area contributed by atoms with Crippen LogP contribution in [0.2, 0.25) is 0 Å². The molecule has 2 rings (SSSR count). The zero-order chi connectivity index (χ0) is 17.2. The highest BCUT2D eigenvalue weighted by Gasteiger charge is 2.15. The van der Waals surface area contributed by atoms with Gasteiger partial charge in [0.25, 0.3) is 0 Å². The van der Waals surface area contributed by atoms with E-state index in [0.717, 1.165) is 25.5 Å². The molecule has 5 nitrogen and oxygen atoms in total. The first-order chi connectivity index (χ1) is 11.6. The Bertz CT molecular complexity index is 527. The predicted molar refractivity (Wildman–Crippen MR) is 103 cm³/mol. The Morgan fingerprint density at radius 3 is 2.75 bits per heavy atom. The van der Waals surface area contributed by atoms with E-state index in [9.17, 15) is 4.79 Å². The van der Waals surface area contributed by atoms with Gasteiger partial charge in [0.05, 0.1) is 0 Å². The average molecular weight is 349 g/mol. The van der Waals surface area contributed by atoms with Crippen molar-refractivity contribution in [3.05, 3.63) is 35.9 Å². The lowest BCUT2D eigenvalue weighted by Gasteiger charge is -2.16. The quantitative estimate of drug-likeness (QED) is 0.582. The van der Waals surface area contributed by atoms with Crippen LogP contribution in [0.3, 0.4) is 0 Å². The number of nitrogens with one attached hydrogen (secondary N) is 2. The van der Waals surface area contributed by atoms with Crippen LogP contribution in [0.5, 0.6) is 0 Å². The number of likely N-dealkylation sites (N-methyl/N-ethyl adjacent to an activating group) is 1. The zero-order valence-electron chi connectivity index (χ0n) is 14.6. The van der Waals surface area contributed by atoms with Crippen molar-refractivity contribution < 1.29 is 4.79 Å². The first-order valence-corrected chi connectivity index (χ1v) is 9.58. The van der Waals surface area contributed by atoms with Crippen LogP contribution in [-0.2, 0) is 11.2 Å². The van der Waals surface area contributed by atoms with Gasteiger partial charge in [-0.2, -0.15) is 11.8 Å². The van der Waals surface area contributed by atoms with Crippen LogP contribution < -0.4 is 10.6 Å². The lowest BCUT2D eigenvalue weighted by molar-refractivity contribution is -0.127. The smallest absolute Gasteiger partial charge is 0.243 e. The molecule has 1 unspecified atom stereocenters. The fourth-order valence-corrected chi connectivity index (χ4v) is 3.65. The van der Waals surface area contributed by atoms with E-state index in [-0.39, 0.29) is 12.5 Å². The summed E-state index contributed by atoms with van der Waals surface area (Å²) in [4.78, 5) is 17.8. The number of rotatable bonds is 7. The molecule has 24 heavy (non-hydrogen) atoms. The van der Waals surface area contributed by atoms with Crippen molar-refractivity contribution in [2.45, 2.75) is 24.5 Å². The molecular weight excluding hydrogens is 320 g/mol. The number of guanidine groups is 1. The second-order valence-corrected chi connectivity index (χ2v) is 7.54. The molecule has 0 spiro atoms. The number of aliphatic imine (C=N–C) groups is 1. The molecule has 1 aliphatic rings. The van der Waals surface area contributed by atoms with E-state index in [0.29, 0.717) is 5.25 Å². The molecule has 0 aliphatic carbocycles. The third-order valence-corrected chi connectivity index (χ3v) is 5.34. The lowest BCUT2D eigenvalue weighted by atomic mass is 10.1. The maximum Gasteiger partial charge on any atom is 0.243 e. The number of benzene rings is 1. The predicted octanol–water partition coefficient (Wildman–Crippen LogP) is 1.75. The summed E-state index contributed by atoms with van der Waals surface area (Å²) in [5.41, 5.74) is 1.29. The fraction of sp³-hybridized carbons (Fsp3) is 0.556. The van der Waals surface area contributed by atoms with Gasteiger partial charge in [-0.15, -0.1) is 0 Å². The molecular formula is C18H28N4OS. The van der Waals surface area contributed by atoms with Crippen LogP contribution in [0.25, 0.3) is 0 Å². The molecule has 0 bridgehead atoms. The number of hydrogen-bond donors (Lipinski definition) is 2. The van der Waals surface area contributed by atoms with E-state index in [4.69, 9.17) is 0 Å². The van der Waals surface area contributed by atoms with Gasteiger partial charge in [0.1, 0.15) is 6.54 Å². The molecule has 1 heterocycles. The van der Waals surface area contributed by atoms with Crippen molar-refractivity contribution in [1.29, 1.82) is 0 Å². The minimum atomic E-state index is 0.00870. The minimum absolute atomic E-state index is 0.00870. The lowest BCUT2D eigenvalue weighted by Crippen LogP contribution is -2.41. The van der Waals surface area contributed by atoms with Crippen LogP contribution in [-0.4, -0.2) is 61.5 Å². The highest BCUT2D eigenvalue weighted by Crippen LogP contribution is 2.25. The molecule has 0 aromatic heterocycles. The summed E-state index contributed by atoms with van der Waals surface area (Å²) in [6, 6.07) is 10.4. The summed E-state index contributed by atoms with van der Waals surface area (Å²) in [5.74, 6) is 1.99. The van der Waals surface area contributed by atoms with Gasteiger partial charge in [-0.25, -0.2) is 4.99 Å². The van der Waals surface area contributed by atoms with E-state index < -0.39 is 0 Å². The summed E-state index contributed by atoms with van der Waals surface area (Å²) in [7, 11) is 3.51. The van der Waals surface area contributed by atoms with E-state index in [1.807, 2.05) is 17.8 Å². The van der Waals surface area contributed by atoms with Crippen molar-refractivity contribution >= 4 is 23.6 Å². The molecule has 0 saturated carbocycles. The Hall–Kier alpha value is -1.69. The first kappa shape index (κ1) is 18.6. The van der Waals surface area contributed by atoms with E-state index in [1.165, 1.54) is 24.2 Å². The maximum absolute atomic E-state index is 11.8. The maximum atomic E-state index is 11.8. The fourth-order valence-electron chi connectivity index (χ4n) is 2.45. The summed E-state index contributed by atoms with van der Waals surface area (Å²) < 4.78 is 0. The van der Waals surface area contributed by atoms with Crippen LogP contribution in [0.15, 0.2) is 35.3 Å². The number of amides is 1. The molecule has 1 aromatic rings. The topological polar surface area (TPSA) is 56.7 Å². The van der Waals surface area contributed by atoms with Crippen LogP contribution in [0, 0.1) is 0 Å². The zero-order valence-corrected chi connectivity index (χ0v) is 15.4. The minimum Gasteiger partial charge on any atom is -0.356 e. The third-order valence-electron chi connectivity index (χ3n) is 3.94. The van der Waals surface area contributed by atoms with Gasteiger partial charge in [0, 0.05) is 32.4 Å². The van der Waals surface area contributed by atoms with Gasteiger partial charge in [-0.05, 0) is 30.6 Å². The largest absolute Gasteiger partial charge is 0.356 e. The average Bonchev–Trinajstić information content (AvgIpc) is 3.10. The van der Waals surface area contributed by atoms with Crippen molar-refractivity contribution in [2.75, 3.05) is 39.5 Å². The molecule has 1 aromatic carbocycles. The number of carbonyl (C=O) groups excluding carboxylic acids is 1. The number of carbonyl (C=O) groups is 1. The van der Waals surface area contributed by atoms with Crippen LogP contribution in [0.4, 0.5) is 0 Å². The van der Waals surface area contributed by atoms with Crippen molar-refractivity contribution in [2.24, 2.45) is 4.99 Å². The number of hydrogen-bond acceptors (Lipinski definition) is 3. The van der Waals surface area contributed by atoms with Crippen molar-refractivity contribution in [3.63, 3.8) is 0 Å².